The standard InChI is InChI=1S/C38H32BrN3O4/c1-2-19-46-34-14-13-24(21-33(34)39)20-32-36(43)40-38(45)42(37(32)44)27-22-30-28(25-9-5-3-6-10-25)15-17-41-18-16-29(31(23-27)35(30)41)26-11-7-4-8-12-26/h2-14,20-23,28-29H,1,15-19H2,(H,40,43,45)/b32-20+/t28-,29-/m0/s1. The van der Waals surface area contributed by atoms with Crippen molar-refractivity contribution < 1.29 is 19.1 Å². The second kappa shape index (κ2) is 12.4. The van der Waals surface area contributed by atoms with Crippen molar-refractivity contribution in [3.05, 3.63) is 142 Å². The van der Waals surface area contributed by atoms with Gasteiger partial charge in [0, 0.05) is 30.6 Å². The highest BCUT2D eigenvalue weighted by Gasteiger charge is 2.40. The van der Waals surface area contributed by atoms with Crippen molar-refractivity contribution in [2.45, 2.75) is 24.7 Å². The Labute approximate surface area is 276 Å². The Kier molecular flexibility index (Phi) is 8.05. The van der Waals surface area contributed by atoms with E-state index in [1.165, 1.54) is 22.9 Å². The van der Waals surface area contributed by atoms with Crippen LogP contribution in [-0.4, -0.2) is 37.5 Å². The summed E-state index contributed by atoms with van der Waals surface area (Å²) in [6.07, 6.45) is 4.99. The molecule has 1 N–H and O–H groups in total. The van der Waals surface area contributed by atoms with Crippen molar-refractivity contribution in [2.24, 2.45) is 0 Å². The van der Waals surface area contributed by atoms with Crippen LogP contribution >= 0.6 is 15.9 Å². The number of halogens is 1. The van der Waals surface area contributed by atoms with Gasteiger partial charge in [-0.2, -0.15) is 0 Å². The fourth-order valence-corrected chi connectivity index (χ4v) is 7.41. The van der Waals surface area contributed by atoms with E-state index < -0.39 is 17.8 Å². The van der Waals surface area contributed by atoms with E-state index in [-0.39, 0.29) is 17.4 Å². The van der Waals surface area contributed by atoms with E-state index in [0.29, 0.717) is 28.1 Å². The van der Waals surface area contributed by atoms with E-state index in [1.807, 2.05) is 48.5 Å². The number of hydrogen-bond donors (Lipinski definition) is 1. The van der Waals surface area contributed by atoms with Gasteiger partial charge in [-0.25, -0.2) is 9.69 Å². The molecule has 2 atom stereocenters. The van der Waals surface area contributed by atoms with Gasteiger partial charge in [0.1, 0.15) is 17.9 Å². The van der Waals surface area contributed by atoms with Gasteiger partial charge < -0.3 is 9.64 Å². The van der Waals surface area contributed by atoms with Gasteiger partial charge in [0.15, 0.2) is 0 Å². The summed E-state index contributed by atoms with van der Waals surface area (Å²) in [7, 11) is 0. The van der Waals surface area contributed by atoms with Crippen LogP contribution in [0.2, 0.25) is 0 Å². The number of nitrogens with zero attached hydrogens (tertiary/aromatic N) is 2. The van der Waals surface area contributed by atoms with Crippen LogP contribution in [0, 0.1) is 0 Å². The third-order valence-corrected chi connectivity index (χ3v) is 9.60. The third-order valence-electron chi connectivity index (χ3n) is 8.98. The molecular formula is C38H32BrN3O4. The topological polar surface area (TPSA) is 79.0 Å². The van der Waals surface area contributed by atoms with E-state index in [4.69, 9.17) is 4.74 Å². The molecule has 7 rings (SSSR count). The molecule has 8 heteroatoms. The van der Waals surface area contributed by atoms with Gasteiger partial charge in [0.05, 0.1) is 10.2 Å². The molecule has 0 spiro atoms. The Hall–Kier alpha value is -4.95. The highest BCUT2D eigenvalue weighted by atomic mass is 79.9. The average Bonchev–Trinajstić information content (AvgIpc) is 3.07. The quantitative estimate of drug-likeness (QED) is 0.124. The lowest BCUT2D eigenvalue weighted by Crippen LogP contribution is -2.54. The molecule has 7 nitrogen and oxygen atoms in total. The van der Waals surface area contributed by atoms with Crippen LogP contribution in [0.25, 0.3) is 6.08 Å². The molecule has 1 fully saturated rings. The Bertz CT molecular complexity index is 1820. The van der Waals surface area contributed by atoms with Crippen molar-refractivity contribution in [3.8, 4) is 5.75 Å². The zero-order valence-electron chi connectivity index (χ0n) is 25.1. The van der Waals surface area contributed by atoms with Crippen LogP contribution in [0.4, 0.5) is 16.2 Å². The van der Waals surface area contributed by atoms with Crippen molar-refractivity contribution in [2.75, 3.05) is 29.5 Å². The summed E-state index contributed by atoms with van der Waals surface area (Å²) in [5, 5.41) is 2.41. The van der Waals surface area contributed by atoms with Crippen LogP contribution in [-0.2, 0) is 9.59 Å². The van der Waals surface area contributed by atoms with Crippen LogP contribution < -0.4 is 19.9 Å². The number of anilines is 2. The molecule has 4 aromatic carbocycles. The molecule has 1 saturated heterocycles. The van der Waals surface area contributed by atoms with Crippen molar-refractivity contribution in [1.29, 1.82) is 0 Å². The zero-order chi connectivity index (χ0) is 31.8. The molecule has 0 aromatic heterocycles. The van der Waals surface area contributed by atoms with Gasteiger partial charge in [-0.3, -0.25) is 14.9 Å². The molecule has 0 aliphatic carbocycles. The van der Waals surface area contributed by atoms with E-state index in [9.17, 15) is 14.4 Å². The predicted octanol–water partition coefficient (Wildman–Crippen LogP) is 7.56. The van der Waals surface area contributed by atoms with Crippen molar-refractivity contribution >= 4 is 51.2 Å². The van der Waals surface area contributed by atoms with Gasteiger partial charge >= 0.3 is 6.03 Å². The van der Waals surface area contributed by atoms with E-state index >= 15 is 0 Å². The minimum Gasteiger partial charge on any atom is -0.488 e. The lowest BCUT2D eigenvalue weighted by atomic mass is 9.76. The number of carbonyl (C=O) groups excluding carboxylic acids is 3. The van der Waals surface area contributed by atoms with Gasteiger partial charge in [-0.1, -0.05) is 79.4 Å². The average molecular weight is 675 g/mol. The first-order valence-corrected chi connectivity index (χ1v) is 16.2. The highest BCUT2D eigenvalue weighted by molar-refractivity contribution is 9.10. The first-order valence-electron chi connectivity index (χ1n) is 15.4. The Morgan fingerprint density at radius 3 is 2.02 bits per heavy atom. The Balaban J connectivity index is 1.34. The second-order valence-corrected chi connectivity index (χ2v) is 12.6. The summed E-state index contributed by atoms with van der Waals surface area (Å²) in [6.45, 7) is 5.87. The molecule has 0 bridgehead atoms. The zero-order valence-corrected chi connectivity index (χ0v) is 26.7. The molecule has 0 radical (unpaired) electrons. The largest absolute Gasteiger partial charge is 0.488 e. The van der Waals surface area contributed by atoms with Crippen molar-refractivity contribution in [3.63, 3.8) is 0 Å². The monoisotopic (exact) mass is 673 g/mol. The number of benzene rings is 4. The number of ether oxygens (including phenoxy) is 1. The maximum absolute atomic E-state index is 14.1. The molecule has 230 valence electrons. The maximum Gasteiger partial charge on any atom is 0.335 e. The fourth-order valence-electron chi connectivity index (χ4n) is 6.90. The maximum atomic E-state index is 14.1. The lowest BCUT2D eigenvalue weighted by Gasteiger charge is -2.44. The van der Waals surface area contributed by atoms with Crippen LogP contribution in [0.5, 0.6) is 5.75 Å². The summed E-state index contributed by atoms with van der Waals surface area (Å²) in [4.78, 5) is 44.2. The first-order chi connectivity index (χ1) is 22.4. The van der Waals surface area contributed by atoms with Crippen molar-refractivity contribution in [1.82, 2.24) is 5.32 Å². The predicted molar refractivity (Wildman–Crippen MR) is 183 cm³/mol. The molecular weight excluding hydrogens is 642 g/mol. The molecule has 3 aliphatic heterocycles. The molecule has 3 heterocycles. The van der Waals surface area contributed by atoms with Gasteiger partial charge in [0.2, 0.25) is 0 Å². The molecule has 46 heavy (non-hydrogen) atoms. The third kappa shape index (κ3) is 5.43. The lowest BCUT2D eigenvalue weighted by molar-refractivity contribution is -0.122. The minimum absolute atomic E-state index is 0.0967. The SMILES string of the molecule is C=CCOc1ccc(/C=C2\C(=O)NC(=O)N(c3cc4c5c(c3)[C@H](c3ccccc3)CCN5CC[C@H]4c3ccccc3)C2=O)cc1Br. The summed E-state index contributed by atoms with van der Waals surface area (Å²) in [5.74, 6) is -0.598. The van der Waals surface area contributed by atoms with Gasteiger partial charge in [-0.05, 0) is 86.9 Å². The van der Waals surface area contributed by atoms with Gasteiger partial charge in [0.25, 0.3) is 11.8 Å². The fraction of sp³-hybridized carbons (Fsp3) is 0.184. The minimum atomic E-state index is -0.760. The summed E-state index contributed by atoms with van der Waals surface area (Å²) in [6, 6.07) is 29.2. The number of carbonyl (C=O) groups is 3. The molecule has 4 amide bonds. The first kappa shape index (κ1) is 29.7. The number of hydrogen-bond acceptors (Lipinski definition) is 5. The number of rotatable bonds is 7. The summed E-state index contributed by atoms with van der Waals surface area (Å²) >= 11 is 3.50. The second-order valence-electron chi connectivity index (χ2n) is 11.7. The highest BCUT2D eigenvalue weighted by Crippen LogP contribution is 2.50. The smallest absolute Gasteiger partial charge is 0.335 e. The van der Waals surface area contributed by atoms with Crippen LogP contribution in [0.1, 0.15) is 52.5 Å². The van der Waals surface area contributed by atoms with E-state index in [2.05, 4.69) is 57.0 Å². The van der Waals surface area contributed by atoms with Crippen LogP contribution in [0.3, 0.4) is 0 Å². The molecule has 4 aromatic rings. The summed E-state index contributed by atoms with van der Waals surface area (Å²) in [5.41, 5.74) is 6.69. The number of urea groups is 1. The summed E-state index contributed by atoms with van der Waals surface area (Å²) < 4.78 is 6.30. The van der Waals surface area contributed by atoms with E-state index in [0.717, 1.165) is 42.0 Å². The number of nitrogens with one attached hydrogen (secondary N) is 1. The molecule has 3 aliphatic rings. The Morgan fingerprint density at radius 1 is 0.848 bits per heavy atom. The molecule has 0 unspecified atom stereocenters. The molecule has 0 saturated carbocycles. The van der Waals surface area contributed by atoms with Gasteiger partial charge in [-0.15, -0.1) is 0 Å². The van der Waals surface area contributed by atoms with E-state index in [1.54, 1.807) is 24.3 Å². The Morgan fingerprint density at radius 2 is 1.46 bits per heavy atom. The van der Waals surface area contributed by atoms with Crippen LogP contribution in [0.15, 0.2) is 114 Å². The number of barbiturate groups is 1. The normalized spacial score (nSPS) is 19.9. The number of imide groups is 2. The number of amides is 4.